The van der Waals surface area contributed by atoms with Crippen LogP contribution in [-0.4, -0.2) is 29.2 Å². The lowest BCUT2D eigenvalue weighted by Crippen LogP contribution is -2.40. The molecule has 1 unspecified atom stereocenters. The molecule has 2 aliphatic rings. The highest BCUT2D eigenvalue weighted by atomic mass is 16.8. The van der Waals surface area contributed by atoms with E-state index in [4.69, 9.17) is 9.47 Å². The molecule has 2 rings (SSSR count). The largest absolute Gasteiger partial charge is 0.390 e. The number of rotatable bonds is 1. The Morgan fingerprint density at radius 1 is 1.50 bits per heavy atom. The summed E-state index contributed by atoms with van der Waals surface area (Å²) in [6.45, 7) is 4.02. The number of aliphatic hydroxyl groups is 1. The molecule has 0 saturated carbocycles. The molecule has 0 spiro atoms. The molecule has 0 aliphatic carbocycles. The average molecular weight is 172 g/mol. The maximum absolute atomic E-state index is 9.61. The Morgan fingerprint density at radius 2 is 2.25 bits per heavy atom. The van der Waals surface area contributed by atoms with Crippen molar-refractivity contribution >= 4 is 0 Å². The first-order valence-corrected chi connectivity index (χ1v) is 4.68. The maximum Gasteiger partial charge on any atom is 0.166 e. The van der Waals surface area contributed by atoms with Gasteiger partial charge in [0.05, 0.1) is 12.2 Å². The summed E-state index contributed by atoms with van der Waals surface area (Å²) in [4.78, 5) is 0. The van der Waals surface area contributed by atoms with E-state index in [-0.39, 0.29) is 18.3 Å². The highest BCUT2D eigenvalue weighted by Crippen LogP contribution is 2.40. The Labute approximate surface area is 72.7 Å². The van der Waals surface area contributed by atoms with Crippen LogP contribution in [-0.2, 0) is 9.47 Å². The van der Waals surface area contributed by atoms with Gasteiger partial charge in [0.2, 0.25) is 0 Å². The van der Waals surface area contributed by atoms with Crippen LogP contribution in [0.1, 0.15) is 33.1 Å². The maximum atomic E-state index is 9.61. The predicted molar refractivity (Wildman–Crippen MR) is 43.7 cm³/mol. The smallest absolute Gasteiger partial charge is 0.166 e. The molecule has 2 heterocycles. The summed E-state index contributed by atoms with van der Waals surface area (Å²) in [5.41, 5.74) is 0. The Morgan fingerprint density at radius 3 is 2.92 bits per heavy atom. The molecule has 70 valence electrons. The van der Waals surface area contributed by atoms with Gasteiger partial charge in [-0.25, -0.2) is 0 Å². The van der Waals surface area contributed by atoms with Crippen molar-refractivity contribution in [2.24, 2.45) is 0 Å². The minimum absolute atomic E-state index is 0.0891. The van der Waals surface area contributed by atoms with Crippen molar-refractivity contribution in [3.05, 3.63) is 0 Å². The number of fused-ring (bicyclic) bond motifs is 2. The van der Waals surface area contributed by atoms with Crippen molar-refractivity contribution in [1.82, 2.24) is 0 Å². The van der Waals surface area contributed by atoms with Gasteiger partial charge in [0.25, 0.3) is 0 Å². The minimum atomic E-state index is -0.412. The van der Waals surface area contributed by atoms with E-state index in [1.165, 1.54) is 0 Å². The van der Waals surface area contributed by atoms with Gasteiger partial charge in [0.15, 0.2) is 5.79 Å². The Hall–Kier alpha value is -0.120. The van der Waals surface area contributed by atoms with Gasteiger partial charge in [-0.3, -0.25) is 0 Å². The van der Waals surface area contributed by atoms with E-state index in [9.17, 15) is 5.11 Å². The van der Waals surface area contributed by atoms with Crippen LogP contribution in [0.25, 0.3) is 0 Å². The third kappa shape index (κ3) is 1.16. The van der Waals surface area contributed by atoms with E-state index in [2.05, 4.69) is 6.92 Å². The zero-order chi connectivity index (χ0) is 8.77. The van der Waals surface area contributed by atoms with Crippen LogP contribution < -0.4 is 0 Å². The lowest BCUT2D eigenvalue weighted by atomic mass is 9.99. The Bertz CT molecular complexity index is 179. The van der Waals surface area contributed by atoms with Crippen LogP contribution in [0, 0.1) is 0 Å². The molecular formula is C9H16O3. The number of hydrogen-bond donors (Lipinski definition) is 1. The molecule has 12 heavy (non-hydrogen) atoms. The summed E-state index contributed by atoms with van der Waals surface area (Å²) in [7, 11) is 0. The van der Waals surface area contributed by atoms with Crippen LogP contribution in [0.5, 0.6) is 0 Å². The van der Waals surface area contributed by atoms with Crippen LogP contribution in [0.2, 0.25) is 0 Å². The third-order valence-electron chi connectivity index (χ3n) is 2.83. The zero-order valence-corrected chi connectivity index (χ0v) is 7.62. The second kappa shape index (κ2) is 2.69. The van der Waals surface area contributed by atoms with Gasteiger partial charge in [-0.1, -0.05) is 6.92 Å². The van der Waals surface area contributed by atoms with Gasteiger partial charge in [0.1, 0.15) is 6.10 Å². The first kappa shape index (κ1) is 8.48. The lowest BCUT2D eigenvalue weighted by Gasteiger charge is -2.30. The molecule has 3 heteroatoms. The zero-order valence-electron chi connectivity index (χ0n) is 7.62. The molecule has 0 aromatic rings. The standard InChI is InChI=1S/C9H16O3/c1-3-7-8-6(10)4-5-9(2,11-7)12-8/h6-8,10H,3-5H2,1-2H3/t6?,7-,8+,9+/m1/s1. The van der Waals surface area contributed by atoms with Crippen molar-refractivity contribution in [1.29, 1.82) is 0 Å². The first-order valence-electron chi connectivity index (χ1n) is 4.68. The van der Waals surface area contributed by atoms with Crippen molar-refractivity contribution < 1.29 is 14.6 Å². The van der Waals surface area contributed by atoms with E-state index in [1.54, 1.807) is 0 Å². The highest BCUT2D eigenvalue weighted by Gasteiger charge is 2.50. The third-order valence-corrected chi connectivity index (χ3v) is 2.83. The van der Waals surface area contributed by atoms with Crippen LogP contribution in [0.4, 0.5) is 0 Å². The first-order chi connectivity index (χ1) is 5.64. The SMILES string of the molecule is CC[C@H]1O[C@]2(C)CCC(O)[C@@H]1O2. The van der Waals surface area contributed by atoms with E-state index in [0.29, 0.717) is 0 Å². The molecule has 1 N–H and O–H groups in total. The van der Waals surface area contributed by atoms with Gasteiger partial charge in [-0.05, 0) is 19.8 Å². The fourth-order valence-corrected chi connectivity index (χ4v) is 2.11. The average Bonchev–Trinajstić information content (AvgIpc) is 2.34. The second-order valence-corrected chi connectivity index (χ2v) is 3.89. The van der Waals surface area contributed by atoms with Gasteiger partial charge in [-0.2, -0.15) is 0 Å². The van der Waals surface area contributed by atoms with Crippen molar-refractivity contribution in [2.45, 2.75) is 57.2 Å². The van der Waals surface area contributed by atoms with Crippen LogP contribution in [0.15, 0.2) is 0 Å². The fraction of sp³-hybridized carbons (Fsp3) is 1.00. The molecule has 3 nitrogen and oxygen atoms in total. The minimum Gasteiger partial charge on any atom is -0.390 e. The summed E-state index contributed by atoms with van der Waals surface area (Å²) in [6, 6.07) is 0. The number of hydrogen-bond acceptors (Lipinski definition) is 3. The van der Waals surface area contributed by atoms with Crippen LogP contribution >= 0.6 is 0 Å². The molecule has 0 amide bonds. The summed E-state index contributed by atoms with van der Waals surface area (Å²) in [5, 5.41) is 9.61. The van der Waals surface area contributed by atoms with Crippen molar-refractivity contribution in [2.75, 3.05) is 0 Å². The van der Waals surface area contributed by atoms with Gasteiger partial charge in [0, 0.05) is 6.42 Å². The normalized spacial score (nSPS) is 52.8. The summed E-state index contributed by atoms with van der Waals surface area (Å²) < 4.78 is 11.3. The van der Waals surface area contributed by atoms with Crippen molar-refractivity contribution in [3.8, 4) is 0 Å². The van der Waals surface area contributed by atoms with E-state index >= 15 is 0 Å². The Balaban J connectivity index is 2.15. The molecule has 2 bridgehead atoms. The van der Waals surface area contributed by atoms with Crippen molar-refractivity contribution in [3.63, 3.8) is 0 Å². The summed E-state index contributed by atoms with van der Waals surface area (Å²) in [5.74, 6) is -0.412. The summed E-state index contributed by atoms with van der Waals surface area (Å²) in [6.07, 6.45) is 2.20. The molecule has 2 fully saturated rings. The van der Waals surface area contributed by atoms with E-state index < -0.39 is 5.79 Å². The molecular weight excluding hydrogens is 156 g/mol. The second-order valence-electron chi connectivity index (χ2n) is 3.89. The quantitative estimate of drug-likeness (QED) is 0.642. The number of aliphatic hydroxyl groups excluding tert-OH is 1. The molecule has 2 aliphatic heterocycles. The van der Waals surface area contributed by atoms with E-state index in [1.807, 2.05) is 6.92 Å². The molecule has 0 radical (unpaired) electrons. The molecule has 0 aromatic carbocycles. The highest BCUT2D eigenvalue weighted by molar-refractivity contribution is 4.92. The molecule has 4 atom stereocenters. The molecule has 2 saturated heterocycles. The summed E-state index contributed by atoms with van der Waals surface area (Å²) >= 11 is 0. The topological polar surface area (TPSA) is 38.7 Å². The molecule has 0 aromatic heterocycles. The number of ether oxygens (including phenoxy) is 2. The van der Waals surface area contributed by atoms with Gasteiger partial charge < -0.3 is 14.6 Å². The predicted octanol–water partition coefficient (Wildman–Crippen LogP) is 1.05. The van der Waals surface area contributed by atoms with E-state index in [0.717, 1.165) is 19.3 Å². The monoisotopic (exact) mass is 172 g/mol. The lowest BCUT2D eigenvalue weighted by molar-refractivity contribution is -0.197. The fourth-order valence-electron chi connectivity index (χ4n) is 2.11. The van der Waals surface area contributed by atoms with Crippen LogP contribution in [0.3, 0.4) is 0 Å². The van der Waals surface area contributed by atoms with Gasteiger partial charge >= 0.3 is 0 Å². The van der Waals surface area contributed by atoms with Gasteiger partial charge in [-0.15, -0.1) is 0 Å². The Kier molecular flexibility index (Phi) is 1.90.